The van der Waals surface area contributed by atoms with Gasteiger partial charge in [-0.05, 0) is 30.3 Å². The monoisotopic (exact) mass is 394 g/mol. The van der Waals surface area contributed by atoms with Crippen molar-refractivity contribution in [3.8, 4) is 0 Å². The summed E-state index contributed by atoms with van der Waals surface area (Å²) in [6, 6.07) is 11.5. The highest BCUT2D eigenvalue weighted by molar-refractivity contribution is 7.92. The molecule has 0 radical (unpaired) electrons. The molecule has 0 aliphatic heterocycles. The Hall–Kier alpha value is -2.94. The summed E-state index contributed by atoms with van der Waals surface area (Å²) in [4.78, 5) is 23.7. The van der Waals surface area contributed by atoms with Gasteiger partial charge in [0.15, 0.2) is 0 Å². The van der Waals surface area contributed by atoms with Gasteiger partial charge in [0.05, 0.1) is 30.3 Å². The number of rotatable bonds is 7. The fourth-order valence-electron chi connectivity index (χ4n) is 2.37. The van der Waals surface area contributed by atoms with Crippen LogP contribution < -0.4 is 9.62 Å². The van der Waals surface area contributed by atoms with Crippen molar-refractivity contribution in [1.29, 1.82) is 0 Å². The summed E-state index contributed by atoms with van der Waals surface area (Å²) in [5.41, 5.74) is 0.416. The molecule has 1 amide bonds. The highest BCUT2D eigenvalue weighted by atomic mass is 32.2. The Bertz CT molecular complexity index is 946. The van der Waals surface area contributed by atoms with E-state index in [0.717, 1.165) is 10.6 Å². The van der Waals surface area contributed by atoms with Crippen molar-refractivity contribution in [2.24, 2.45) is 0 Å². The van der Waals surface area contributed by atoms with E-state index in [-0.39, 0.29) is 29.9 Å². The minimum Gasteiger partial charge on any atom is -0.465 e. The molecule has 1 N–H and O–H groups in total. The smallest absolute Gasteiger partial charge is 0.337 e. The summed E-state index contributed by atoms with van der Waals surface area (Å²) in [5, 5.41) is 2.40. The third-order valence-electron chi connectivity index (χ3n) is 3.65. The van der Waals surface area contributed by atoms with E-state index < -0.39 is 27.7 Å². The maximum Gasteiger partial charge on any atom is 0.337 e. The number of para-hydroxylation sites is 1. The third-order valence-corrected chi connectivity index (χ3v) is 4.84. The lowest BCUT2D eigenvalue weighted by Gasteiger charge is -2.22. The number of amides is 1. The molecule has 27 heavy (non-hydrogen) atoms. The topological polar surface area (TPSA) is 92.8 Å². The van der Waals surface area contributed by atoms with E-state index in [1.807, 2.05) is 0 Å². The summed E-state index contributed by atoms with van der Waals surface area (Å²) in [6.45, 7) is -0.177. The van der Waals surface area contributed by atoms with Crippen LogP contribution in [0.25, 0.3) is 0 Å². The van der Waals surface area contributed by atoms with Gasteiger partial charge < -0.3 is 10.1 Å². The van der Waals surface area contributed by atoms with Crippen molar-refractivity contribution < 1.29 is 27.1 Å². The normalized spacial score (nSPS) is 10.9. The van der Waals surface area contributed by atoms with Crippen molar-refractivity contribution >= 4 is 33.3 Å². The molecule has 2 aromatic carbocycles. The Labute approximate surface area is 156 Å². The molecule has 0 saturated heterocycles. The largest absolute Gasteiger partial charge is 0.465 e. The maximum atomic E-state index is 13.6. The predicted molar refractivity (Wildman–Crippen MR) is 99.6 cm³/mol. The highest BCUT2D eigenvalue weighted by Gasteiger charge is 2.20. The molecule has 0 spiro atoms. The lowest BCUT2D eigenvalue weighted by Crippen LogP contribution is -2.33. The average molecular weight is 394 g/mol. The molecular formula is C18H19FN2O5S. The number of halogens is 1. The Morgan fingerprint density at radius 3 is 2.48 bits per heavy atom. The van der Waals surface area contributed by atoms with E-state index in [2.05, 4.69) is 10.1 Å². The van der Waals surface area contributed by atoms with Crippen molar-refractivity contribution in [3.63, 3.8) is 0 Å². The number of sulfonamides is 1. The van der Waals surface area contributed by atoms with E-state index in [1.165, 1.54) is 49.6 Å². The van der Waals surface area contributed by atoms with Crippen molar-refractivity contribution in [2.45, 2.75) is 6.42 Å². The maximum absolute atomic E-state index is 13.6. The number of nitrogens with zero attached hydrogens (tertiary/aromatic N) is 1. The number of ether oxygens (including phenoxy) is 1. The van der Waals surface area contributed by atoms with Crippen LogP contribution in [0.3, 0.4) is 0 Å². The van der Waals surface area contributed by atoms with Crippen molar-refractivity contribution in [2.75, 3.05) is 29.5 Å². The fraction of sp³-hybridized carbons (Fsp3) is 0.222. The van der Waals surface area contributed by atoms with Gasteiger partial charge in [-0.3, -0.25) is 9.10 Å². The van der Waals surface area contributed by atoms with Crippen LogP contribution in [0, 0.1) is 5.82 Å². The zero-order chi connectivity index (χ0) is 20.0. The number of carbonyl (C=O) groups is 2. The number of nitrogens with one attached hydrogen (secondary N) is 1. The fourth-order valence-corrected chi connectivity index (χ4v) is 3.29. The van der Waals surface area contributed by atoms with Crippen molar-refractivity contribution in [3.05, 3.63) is 59.9 Å². The second kappa shape index (κ2) is 8.63. The summed E-state index contributed by atoms with van der Waals surface area (Å²) >= 11 is 0. The van der Waals surface area contributed by atoms with E-state index in [9.17, 15) is 22.4 Å². The summed E-state index contributed by atoms with van der Waals surface area (Å²) in [6.07, 6.45) is 0.788. The molecule has 0 aliphatic carbocycles. The van der Waals surface area contributed by atoms with Gasteiger partial charge in [-0.25, -0.2) is 17.6 Å². The molecule has 0 heterocycles. The Morgan fingerprint density at radius 2 is 1.85 bits per heavy atom. The lowest BCUT2D eigenvalue weighted by molar-refractivity contribution is -0.116. The molecule has 7 nitrogen and oxygen atoms in total. The molecule has 0 aromatic heterocycles. The number of carbonyl (C=O) groups excluding carboxylic acids is 2. The summed E-state index contributed by atoms with van der Waals surface area (Å²) in [5.74, 6) is -1.74. The molecule has 0 fully saturated rings. The second-order valence-corrected chi connectivity index (χ2v) is 7.56. The number of anilines is 2. The lowest BCUT2D eigenvalue weighted by atomic mass is 10.2. The number of hydrogen-bond donors (Lipinski definition) is 1. The predicted octanol–water partition coefficient (Wildman–Crippen LogP) is 2.41. The molecule has 0 aliphatic rings. The molecule has 2 rings (SSSR count). The van der Waals surface area contributed by atoms with E-state index >= 15 is 0 Å². The first-order chi connectivity index (χ1) is 12.7. The molecule has 9 heteroatoms. The van der Waals surface area contributed by atoms with Gasteiger partial charge >= 0.3 is 5.97 Å². The van der Waals surface area contributed by atoms with Crippen molar-refractivity contribution in [1.82, 2.24) is 0 Å². The van der Waals surface area contributed by atoms with Gasteiger partial charge in [-0.2, -0.15) is 0 Å². The zero-order valence-electron chi connectivity index (χ0n) is 14.8. The first-order valence-electron chi connectivity index (χ1n) is 7.93. The van der Waals surface area contributed by atoms with Crippen LogP contribution in [-0.2, 0) is 19.6 Å². The second-order valence-electron chi connectivity index (χ2n) is 5.66. The summed E-state index contributed by atoms with van der Waals surface area (Å²) < 4.78 is 43.5. The molecule has 0 atom stereocenters. The number of esters is 1. The third kappa shape index (κ3) is 5.52. The minimum absolute atomic E-state index is 0.0149. The van der Waals surface area contributed by atoms with Gasteiger partial charge in [-0.1, -0.05) is 18.2 Å². The molecule has 0 bridgehead atoms. The summed E-state index contributed by atoms with van der Waals surface area (Å²) in [7, 11) is -2.50. The average Bonchev–Trinajstić information content (AvgIpc) is 2.62. The van der Waals surface area contributed by atoms with Gasteiger partial charge in [0.1, 0.15) is 5.82 Å². The van der Waals surface area contributed by atoms with Gasteiger partial charge in [0.2, 0.25) is 15.9 Å². The first kappa shape index (κ1) is 20.4. The Morgan fingerprint density at radius 1 is 1.15 bits per heavy atom. The van der Waals surface area contributed by atoms with Crippen LogP contribution in [0.15, 0.2) is 48.5 Å². The minimum atomic E-state index is -3.72. The standard InChI is InChI=1S/C18H19FN2O5S/c1-26-18(23)13-6-5-7-14(12-13)21(27(2,24)25)11-10-17(22)20-16-9-4-3-8-15(16)19/h3-9,12H,10-11H2,1-2H3,(H,20,22). The van der Waals surface area contributed by atoms with E-state index in [4.69, 9.17) is 0 Å². The van der Waals surface area contributed by atoms with Gasteiger partial charge in [-0.15, -0.1) is 0 Å². The van der Waals surface area contributed by atoms with Crippen LogP contribution in [-0.4, -0.2) is 40.2 Å². The molecular weight excluding hydrogens is 375 g/mol. The van der Waals surface area contributed by atoms with Crippen LogP contribution in [0.1, 0.15) is 16.8 Å². The number of methoxy groups -OCH3 is 1. The van der Waals surface area contributed by atoms with Crippen LogP contribution >= 0.6 is 0 Å². The quantitative estimate of drug-likeness (QED) is 0.728. The van der Waals surface area contributed by atoms with Gasteiger partial charge in [0.25, 0.3) is 0 Å². The number of hydrogen-bond acceptors (Lipinski definition) is 5. The van der Waals surface area contributed by atoms with Crippen LogP contribution in [0.2, 0.25) is 0 Å². The molecule has 2 aromatic rings. The SMILES string of the molecule is COC(=O)c1cccc(N(CCC(=O)Nc2ccccc2F)S(C)(=O)=O)c1. The Kier molecular flexibility index (Phi) is 6.51. The number of benzene rings is 2. The molecule has 0 saturated carbocycles. The first-order valence-corrected chi connectivity index (χ1v) is 9.77. The van der Waals surface area contributed by atoms with Crippen LogP contribution in [0.5, 0.6) is 0 Å². The van der Waals surface area contributed by atoms with Gasteiger partial charge in [0, 0.05) is 13.0 Å². The molecule has 0 unspecified atom stereocenters. The Balaban J connectivity index is 2.15. The van der Waals surface area contributed by atoms with E-state index in [0.29, 0.717) is 0 Å². The van der Waals surface area contributed by atoms with Crippen LogP contribution in [0.4, 0.5) is 15.8 Å². The zero-order valence-corrected chi connectivity index (χ0v) is 15.6. The van der Waals surface area contributed by atoms with E-state index in [1.54, 1.807) is 6.07 Å². The molecule has 144 valence electrons. The highest BCUT2D eigenvalue weighted by Crippen LogP contribution is 2.20.